The largest absolute Gasteiger partial charge is 0.504 e. The Kier molecular flexibility index (Phi) is 11.0. The highest BCUT2D eigenvalue weighted by molar-refractivity contribution is 6.21. The van der Waals surface area contributed by atoms with E-state index in [1.54, 1.807) is 38.5 Å². The van der Waals surface area contributed by atoms with Crippen molar-refractivity contribution in [2.75, 3.05) is 54.6 Å². The quantitative estimate of drug-likeness (QED) is 0.131. The Morgan fingerprint density at radius 2 is 1.52 bits per heavy atom. The van der Waals surface area contributed by atoms with Gasteiger partial charge >= 0.3 is 0 Å². The van der Waals surface area contributed by atoms with Crippen molar-refractivity contribution < 1.29 is 38.4 Å². The second-order valence-electron chi connectivity index (χ2n) is 16.7. The molecule has 60 heavy (non-hydrogen) atoms. The molecule has 5 aliphatic heterocycles. The number of imide groups is 1. The predicted octanol–water partition coefficient (Wildman–Crippen LogP) is 8.29. The Morgan fingerprint density at radius 3 is 2.27 bits per heavy atom. The van der Waals surface area contributed by atoms with Crippen LogP contribution in [0.4, 0.5) is 0 Å². The number of allylic oxidation sites excluding steroid dienone is 1. The van der Waals surface area contributed by atoms with Crippen LogP contribution in [0, 0.1) is 11.8 Å². The molecule has 0 radical (unpaired) electrons. The van der Waals surface area contributed by atoms with Gasteiger partial charge in [0.2, 0.25) is 0 Å². The Balaban J connectivity index is 1.01. The second-order valence-corrected chi connectivity index (χ2v) is 16.7. The first-order valence-corrected chi connectivity index (χ1v) is 21.2. The lowest BCUT2D eigenvalue weighted by atomic mass is 9.73. The van der Waals surface area contributed by atoms with Crippen molar-refractivity contribution in [3.05, 3.63) is 136 Å². The van der Waals surface area contributed by atoms with Crippen LogP contribution in [-0.4, -0.2) is 92.2 Å². The van der Waals surface area contributed by atoms with Crippen LogP contribution in [0.3, 0.4) is 0 Å². The van der Waals surface area contributed by atoms with Crippen molar-refractivity contribution in [3.8, 4) is 28.7 Å². The summed E-state index contributed by atoms with van der Waals surface area (Å²) in [5.41, 5.74) is 5.65. The second kappa shape index (κ2) is 16.7. The van der Waals surface area contributed by atoms with Crippen LogP contribution >= 0.6 is 0 Å². The predicted molar refractivity (Wildman–Crippen MR) is 227 cm³/mol. The zero-order valence-corrected chi connectivity index (χ0v) is 34.8. The molecule has 11 heteroatoms. The molecule has 1 N–H and O–H groups in total. The van der Waals surface area contributed by atoms with Gasteiger partial charge < -0.3 is 33.7 Å². The summed E-state index contributed by atoms with van der Waals surface area (Å²) in [6.07, 6.45) is 7.39. The minimum absolute atomic E-state index is 0.00398. The average Bonchev–Trinajstić information content (AvgIpc) is 3.49. The zero-order valence-electron chi connectivity index (χ0n) is 34.8. The molecule has 312 valence electrons. The molecule has 2 unspecified atom stereocenters. The fourth-order valence-corrected chi connectivity index (χ4v) is 9.77. The monoisotopic (exact) mass is 811 g/mol. The summed E-state index contributed by atoms with van der Waals surface area (Å²) in [5.74, 6) is 3.77. The number of carbonyl (C=O) groups excluding carboxylic acids is 2. The van der Waals surface area contributed by atoms with Crippen LogP contribution in [-0.2, 0) is 24.0 Å². The molecule has 11 nitrogen and oxygen atoms in total. The minimum atomic E-state index is -0.220. The lowest BCUT2D eigenvalue weighted by Gasteiger charge is -2.45. The Labute approximate surface area is 351 Å². The standard InChI is InChI=1S/C49H53N3O8/c1-50-21-18-32-28-42(56-3)44-29-37(32)38(50)24-30-12-15-34(16-13-30)59-43-26-31(25-39-45-33(19-22-51(39)2)27-40(53)46(57-4)47(45)60-44)14-17-41(43)58-23-9-5-8-20-52-48(54)35-10-6-7-11-36(35)49(52)55/h6-7,10-17,26-29,33,38-39,45,53H,5,8-9,18-25H2,1-4H3/t33?,38-,39+,45?/m0/s1. The van der Waals surface area contributed by atoms with Crippen molar-refractivity contribution in [3.63, 3.8) is 0 Å². The highest BCUT2D eigenvalue weighted by atomic mass is 16.5. The van der Waals surface area contributed by atoms with Crippen molar-refractivity contribution in [1.82, 2.24) is 14.7 Å². The summed E-state index contributed by atoms with van der Waals surface area (Å²) < 4.78 is 32.0. The van der Waals surface area contributed by atoms with E-state index in [4.69, 9.17) is 23.7 Å². The summed E-state index contributed by atoms with van der Waals surface area (Å²) >= 11 is 0. The van der Waals surface area contributed by atoms with Gasteiger partial charge in [0, 0.05) is 31.1 Å². The van der Waals surface area contributed by atoms with Gasteiger partial charge in [0.25, 0.3) is 11.8 Å². The number of methoxy groups -OCH3 is 2. The fourth-order valence-electron chi connectivity index (χ4n) is 9.77. The molecule has 0 aromatic heterocycles. The van der Waals surface area contributed by atoms with Crippen LogP contribution in [0.25, 0.3) is 0 Å². The summed E-state index contributed by atoms with van der Waals surface area (Å²) in [7, 11) is 7.59. The molecule has 1 fully saturated rings. The van der Waals surface area contributed by atoms with Crippen LogP contribution < -0.4 is 18.9 Å². The van der Waals surface area contributed by atoms with E-state index in [-0.39, 0.29) is 41.5 Å². The normalized spacial score (nSPS) is 22.5. The smallest absolute Gasteiger partial charge is 0.261 e. The number of hydrogen-bond donors (Lipinski definition) is 1. The summed E-state index contributed by atoms with van der Waals surface area (Å²) in [6.45, 7) is 2.60. The lowest BCUT2D eigenvalue weighted by Crippen LogP contribution is -2.50. The van der Waals surface area contributed by atoms with Gasteiger partial charge in [-0.05, 0) is 148 Å². The number of likely N-dealkylation sites (tertiary alicyclic amines) is 1. The number of ether oxygens (including phenoxy) is 5. The first kappa shape index (κ1) is 39.7. The van der Waals surface area contributed by atoms with E-state index in [9.17, 15) is 14.7 Å². The Morgan fingerprint density at radius 1 is 0.767 bits per heavy atom. The Bertz CT molecular complexity index is 2320. The molecule has 1 aliphatic carbocycles. The molecule has 0 spiro atoms. The molecule has 10 rings (SSSR count). The van der Waals surface area contributed by atoms with E-state index >= 15 is 0 Å². The third-order valence-electron chi connectivity index (χ3n) is 13.1. The number of aliphatic hydroxyl groups is 1. The van der Waals surface area contributed by atoms with Crippen LogP contribution in [0.2, 0.25) is 0 Å². The molecule has 4 atom stereocenters. The number of nitrogens with zero attached hydrogens (tertiary/aromatic N) is 3. The van der Waals surface area contributed by atoms with Gasteiger partial charge in [-0.3, -0.25) is 19.4 Å². The SMILES string of the molecule is COC1=C2Oc3cc4c(cc3OC)CCN(C)[C@H]4Cc3ccc(cc3)Oc3cc(ccc3OCCCCCN3C(=O)c4ccccc4C3=O)C[C@@H]3C2C(C=C1O)CCN3C. The molecule has 1 saturated heterocycles. The average molecular weight is 812 g/mol. The number of benzene rings is 4. The molecule has 6 aliphatic rings. The molecular weight excluding hydrogens is 759 g/mol. The maximum Gasteiger partial charge on any atom is 0.261 e. The van der Waals surface area contributed by atoms with Crippen LogP contribution in [0.1, 0.15) is 74.7 Å². The van der Waals surface area contributed by atoms with Gasteiger partial charge in [0.15, 0.2) is 40.3 Å². The first-order chi connectivity index (χ1) is 29.2. The van der Waals surface area contributed by atoms with E-state index < -0.39 is 0 Å². The molecular formula is C49H53N3O8. The van der Waals surface area contributed by atoms with Crippen molar-refractivity contribution in [1.29, 1.82) is 0 Å². The summed E-state index contributed by atoms with van der Waals surface area (Å²) in [6, 6.07) is 25.9. The van der Waals surface area contributed by atoms with E-state index in [0.29, 0.717) is 71.6 Å². The van der Waals surface area contributed by atoms with E-state index in [0.717, 1.165) is 56.5 Å². The van der Waals surface area contributed by atoms with E-state index in [1.807, 2.05) is 24.3 Å². The number of carbonyl (C=O) groups is 2. The van der Waals surface area contributed by atoms with Crippen molar-refractivity contribution in [2.45, 2.75) is 57.0 Å². The van der Waals surface area contributed by atoms with Gasteiger partial charge in [-0.15, -0.1) is 0 Å². The van der Waals surface area contributed by atoms with E-state index in [1.165, 1.54) is 21.6 Å². The molecule has 5 heterocycles. The number of amides is 2. The third-order valence-corrected chi connectivity index (χ3v) is 13.1. The molecule has 4 aromatic carbocycles. The topological polar surface area (TPSA) is 110 Å². The summed E-state index contributed by atoms with van der Waals surface area (Å²) in [4.78, 5) is 31.8. The van der Waals surface area contributed by atoms with Gasteiger partial charge in [-0.2, -0.15) is 0 Å². The van der Waals surface area contributed by atoms with Crippen molar-refractivity contribution >= 4 is 11.8 Å². The number of hydrogen-bond acceptors (Lipinski definition) is 10. The van der Waals surface area contributed by atoms with Gasteiger partial charge in [-0.25, -0.2) is 0 Å². The highest BCUT2D eigenvalue weighted by Gasteiger charge is 2.45. The molecule has 6 bridgehead atoms. The summed E-state index contributed by atoms with van der Waals surface area (Å²) in [5, 5.41) is 11.3. The van der Waals surface area contributed by atoms with Gasteiger partial charge in [0.05, 0.1) is 32.0 Å². The minimum Gasteiger partial charge on any atom is -0.504 e. The number of rotatable bonds is 9. The zero-order chi connectivity index (χ0) is 41.5. The van der Waals surface area contributed by atoms with Gasteiger partial charge in [-0.1, -0.05) is 30.3 Å². The molecule has 0 saturated carbocycles. The fraction of sp³-hybridized carbons (Fsp3) is 0.388. The number of fused-ring (bicyclic) bond motifs is 3. The molecule has 4 aromatic rings. The number of piperidine rings is 1. The maximum atomic E-state index is 12.8. The first-order valence-electron chi connectivity index (χ1n) is 21.2. The number of likely N-dealkylation sites (N-methyl/N-ethyl adjacent to an activating group) is 2. The lowest BCUT2D eigenvalue weighted by molar-refractivity contribution is 0.0650. The van der Waals surface area contributed by atoms with Crippen LogP contribution in [0.5, 0.6) is 28.7 Å². The third kappa shape index (κ3) is 7.49. The van der Waals surface area contributed by atoms with Gasteiger partial charge in [0.1, 0.15) is 5.75 Å². The highest BCUT2D eigenvalue weighted by Crippen LogP contribution is 2.47. The maximum absolute atomic E-state index is 12.8. The number of aliphatic hydroxyl groups excluding tert-OH is 1. The Hall–Kier alpha value is -5.78. The molecule has 2 amide bonds. The van der Waals surface area contributed by atoms with Crippen molar-refractivity contribution in [2.24, 2.45) is 11.8 Å². The number of unbranched alkanes of at least 4 members (excludes halogenated alkanes) is 2. The van der Waals surface area contributed by atoms with Crippen LogP contribution in [0.15, 0.2) is 102 Å². The van der Waals surface area contributed by atoms with E-state index in [2.05, 4.69) is 60.3 Å².